The molecule has 0 radical (unpaired) electrons. The molecule has 0 saturated heterocycles. The molecule has 0 spiro atoms. The molecule has 0 aliphatic rings. The Hall–Kier alpha value is -2.11. The highest BCUT2D eigenvalue weighted by Crippen LogP contribution is 2.28. The van der Waals surface area contributed by atoms with Crippen LogP contribution in [0.15, 0.2) is 42.5 Å². The fourth-order valence-corrected chi connectivity index (χ4v) is 2.06. The molecule has 6 heteroatoms. The maximum Gasteiger partial charge on any atom is 0.269 e. The maximum absolute atomic E-state index is 10.7. The Morgan fingerprint density at radius 1 is 1.33 bits per heavy atom. The maximum atomic E-state index is 10.7. The second-order valence-corrected chi connectivity index (χ2v) is 4.99. The number of benzene rings is 2. The Labute approximate surface area is 126 Å². The standard InChI is InChI=1S/C15H14ClNO4/c1-10(18)12-5-6-15(14(16)8-12)21-9-11-3-2-4-13(7-11)17(19)20/h2-8,10,18H,9H2,1H3. The van der Waals surface area contributed by atoms with Crippen molar-refractivity contribution in [2.45, 2.75) is 19.6 Å². The zero-order valence-corrected chi connectivity index (χ0v) is 12.1. The summed E-state index contributed by atoms with van der Waals surface area (Å²) in [6.45, 7) is 1.82. The van der Waals surface area contributed by atoms with Crippen molar-refractivity contribution in [2.24, 2.45) is 0 Å². The van der Waals surface area contributed by atoms with E-state index in [0.717, 1.165) is 0 Å². The van der Waals surface area contributed by atoms with E-state index < -0.39 is 11.0 Å². The van der Waals surface area contributed by atoms with Crippen LogP contribution in [0.1, 0.15) is 24.2 Å². The SMILES string of the molecule is CC(O)c1ccc(OCc2cccc([N+](=O)[O-])c2)c(Cl)c1. The van der Waals surface area contributed by atoms with Crippen LogP contribution in [0, 0.1) is 10.1 Å². The van der Waals surface area contributed by atoms with E-state index in [0.29, 0.717) is 21.9 Å². The Morgan fingerprint density at radius 3 is 2.71 bits per heavy atom. The van der Waals surface area contributed by atoms with Gasteiger partial charge in [0.25, 0.3) is 5.69 Å². The van der Waals surface area contributed by atoms with E-state index in [-0.39, 0.29) is 12.3 Å². The zero-order valence-electron chi connectivity index (χ0n) is 11.3. The first-order valence-corrected chi connectivity index (χ1v) is 6.69. The first-order valence-electron chi connectivity index (χ1n) is 6.31. The summed E-state index contributed by atoms with van der Waals surface area (Å²) >= 11 is 6.08. The van der Waals surface area contributed by atoms with E-state index in [1.165, 1.54) is 12.1 Å². The number of aliphatic hydroxyl groups excluding tert-OH is 1. The Morgan fingerprint density at radius 2 is 2.10 bits per heavy atom. The number of ether oxygens (including phenoxy) is 1. The molecular formula is C15H14ClNO4. The summed E-state index contributed by atoms with van der Waals surface area (Å²) in [6.07, 6.45) is -0.603. The molecule has 0 aromatic heterocycles. The summed E-state index contributed by atoms with van der Waals surface area (Å²) in [5.74, 6) is 0.465. The van der Waals surface area contributed by atoms with Gasteiger partial charge in [-0.25, -0.2) is 0 Å². The van der Waals surface area contributed by atoms with Crippen molar-refractivity contribution in [3.05, 3.63) is 68.7 Å². The van der Waals surface area contributed by atoms with Crippen molar-refractivity contribution in [2.75, 3.05) is 0 Å². The highest BCUT2D eigenvalue weighted by molar-refractivity contribution is 6.32. The molecule has 21 heavy (non-hydrogen) atoms. The number of rotatable bonds is 5. The number of nitro benzene ring substituents is 1. The van der Waals surface area contributed by atoms with Crippen molar-refractivity contribution >= 4 is 17.3 Å². The summed E-state index contributed by atoms with van der Waals surface area (Å²) < 4.78 is 5.56. The van der Waals surface area contributed by atoms with Gasteiger partial charge in [-0.1, -0.05) is 29.8 Å². The predicted molar refractivity (Wildman–Crippen MR) is 79.5 cm³/mol. The molecule has 0 bridgehead atoms. The number of hydrogen-bond donors (Lipinski definition) is 1. The van der Waals surface area contributed by atoms with E-state index in [9.17, 15) is 15.2 Å². The van der Waals surface area contributed by atoms with Crippen LogP contribution < -0.4 is 4.74 Å². The molecule has 1 N–H and O–H groups in total. The molecule has 2 aromatic rings. The molecule has 1 atom stereocenters. The largest absolute Gasteiger partial charge is 0.487 e. The highest BCUT2D eigenvalue weighted by atomic mass is 35.5. The summed E-state index contributed by atoms with van der Waals surface area (Å²) in [5.41, 5.74) is 1.40. The van der Waals surface area contributed by atoms with E-state index in [1.807, 2.05) is 0 Å². The van der Waals surface area contributed by atoms with Crippen molar-refractivity contribution in [1.29, 1.82) is 0 Å². The van der Waals surface area contributed by atoms with Gasteiger partial charge in [-0.15, -0.1) is 0 Å². The molecule has 2 rings (SSSR count). The summed E-state index contributed by atoms with van der Waals surface area (Å²) in [4.78, 5) is 10.3. The molecule has 5 nitrogen and oxygen atoms in total. The van der Waals surface area contributed by atoms with Gasteiger partial charge in [-0.2, -0.15) is 0 Å². The van der Waals surface area contributed by atoms with Crippen molar-refractivity contribution in [3.8, 4) is 5.75 Å². The second-order valence-electron chi connectivity index (χ2n) is 4.58. The minimum atomic E-state index is -0.603. The van der Waals surface area contributed by atoms with E-state index in [2.05, 4.69) is 0 Å². The van der Waals surface area contributed by atoms with E-state index in [4.69, 9.17) is 16.3 Å². The lowest BCUT2D eigenvalue weighted by Crippen LogP contribution is -1.98. The molecule has 110 valence electrons. The van der Waals surface area contributed by atoms with Gasteiger partial charge in [0.15, 0.2) is 0 Å². The quantitative estimate of drug-likeness (QED) is 0.672. The number of aliphatic hydroxyl groups is 1. The molecule has 0 amide bonds. The lowest BCUT2D eigenvalue weighted by molar-refractivity contribution is -0.384. The van der Waals surface area contributed by atoms with Gasteiger partial charge in [0.1, 0.15) is 12.4 Å². The van der Waals surface area contributed by atoms with Crippen LogP contribution in [0.3, 0.4) is 0 Å². The summed E-state index contributed by atoms with van der Waals surface area (Å²) in [5, 5.41) is 20.6. The van der Waals surface area contributed by atoms with Crippen LogP contribution in [0.25, 0.3) is 0 Å². The molecule has 0 fully saturated rings. The fraction of sp³-hybridized carbons (Fsp3) is 0.200. The second kappa shape index (κ2) is 6.56. The number of nitrogens with zero attached hydrogens (tertiary/aromatic N) is 1. The average Bonchev–Trinajstić information content (AvgIpc) is 2.46. The molecule has 0 heterocycles. The highest BCUT2D eigenvalue weighted by Gasteiger charge is 2.09. The Kier molecular flexibility index (Phi) is 4.77. The average molecular weight is 308 g/mol. The van der Waals surface area contributed by atoms with Gasteiger partial charge >= 0.3 is 0 Å². The van der Waals surface area contributed by atoms with Gasteiger partial charge in [-0.3, -0.25) is 10.1 Å². The third-order valence-corrected chi connectivity index (χ3v) is 3.25. The van der Waals surface area contributed by atoms with Crippen LogP contribution in [-0.4, -0.2) is 10.0 Å². The molecule has 0 aliphatic heterocycles. The van der Waals surface area contributed by atoms with Crippen molar-refractivity contribution < 1.29 is 14.8 Å². The smallest absolute Gasteiger partial charge is 0.269 e. The fourth-order valence-electron chi connectivity index (χ4n) is 1.81. The summed E-state index contributed by atoms with van der Waals surface area (Å²) in [7, 11) is 0. The molecule has 0 aliphatic carbocycles. The number of hydrogen-bond acceptors (Lipinski definition) is 4. The minimum absolute atomic E-state index is 0.0200. The van der Waals surface area contributed by atoms with Gasteiger partial charge in [0.05, 0.1) is 16.0 Å². The molecule has 1 unspecified atom stereocenters. The molecular weight excluding hydrogens is 294 g/mol. The predicted octanol–water partition coefficient (Wildman–Crippen LogP) is 3.88. The van der Waals surface area contributed by atoms with Crippen LogP contribution in [0.4, 0.5) is 5.69 Å². The van der Waals surface area contributed by atoms with Gasteiger partial charge in [0.2, 0.25) is 0 Å². The number of non-ortho nitro benzene ring substituents is 1. The minimum Gasteiger partial charge on any atom is -0.487 e. The van der Waals surface area contributed by atoms with Gasteiger partial charge in [-0.05, 0) is 30.2 Å². The zero-order chi connectivity index (χ0) is 15.4. The molecule has 2 aromatic carbocycles. The third-order valence-electron chi connectivity index (χ3n) is 2.95. The van der Waals surface area contributed by atoms with E-state index in [1.54, 1.807) is 37.3 Å². The lowest BCUT2D eigenvalue weighted by Gasteiger charge is -2.11. The lowest BCUT2D eigenvalue weighted by atomic mass is 10.1. The first kappa shape index (κ1) is 15.3. The van der Waals surface area contributed by atoms with Gasteiger partial charge in [0, 0.05) is 12.1 Å². The van der Waals surface area contributed by atoms with Crippen molar-refractivity contribution in [3.63, 3.8) is 0 Å². The third kappa shape index (κ3) is 3.93. The van der Waals surface area contributed by atoms with Crippen LogP contribution in [-0.2, 0) is 6.61 Å². The Balaban J connectivity index is 2.09. The van der Waals surface area contributed by atoms with E-state index >= 15 is 0 Å². The number of halogens is 1. The Bertz CT molecular complexity index is 658. The van der Waals surface area contributed by atoms with Crippen LogP contribution in [0.2, 0.25) is 5.02 Å². The first-order chi connectivity index (χ1) is 9.97. The monoisotopic (exact) mass is 307 g/mol. The van der Waals surface area contributed by atoms with Gasteiger partial charge < -0.3 is 9.84 Å². The summed E-state index contributed by atoms with van der Waals surface area (Å²) in [6, 6.07) is 11.3. The van der Waals surface area contributed by atoms with Crippen LogP contribution >= 0.6 is 11.6 Å². The van der Waals surface area contributed by atoms with Crippen molar-refractivity contribution in [1.82, 2.24) is 0 Å². The number of nitro groups is 1. The normalized spacial score (nSPS) is 12.0. The van der Waals surface area contributed by atoms with Crippen LogP contribution in [0.5, 0.6) is 5.75 Å². The topological polar surface area (TPSA) is 72.6 Å². The molecule has 0 saturated carbocycles.